The molecule has 66 valence electrons. The molecule has 0 radical (unpaired) electrons. The Morgan fingerprint density at radius 3 is 2.83 bits per heavy atom. The Hall–Kier alpha value is -0.570. The Labute approximate surface area is 80.1 Å². The molecule has 0 aliphatic rings. The second-order valence-corrected chi connectivity index (χ2v) is 3.41. The predicted molar refractivity (Wildman–Crippen MR) is 52.9 cm³/mol. The van der Waals surface area contributed by atoms with Gasteiger partial charge in [0.15, 0.2) is 0 Å². The number of nitrogens with one attached hydrogen (secondary N) is 1. The lowest BCUT2D eigenvalue weighted by Crippen LogP contribution is -2.00. The monoisotopic (exact) mass is 231 g/mol. The van der Waals surface area contributed by atoms with E-state index in [2.05, 4.69) is 28.2 Å². The number of hydrogen-bond donors (Lipinski definition) is 1. The van der Waals surface area contributed by atoms with Crippen molar-refractivity contribution < 1.29 is 4.39 Å². The van der Waals surface area contributed by atoms with Crippen LogP contribution >= 0.6 is 15.9 Å². The van der Waals surface area contributed by atoms with E-state index < -0.39 is 0 Å². The first-order valence-electron chi connectivity index (χ1n) is 3.93. The summed E-state index contributed by atoms with van der Waals surface area (Å²) in [7, 11) is 0. The Morgan fingerprint density at radius 2 is 2.25 bits per heavy atom. The lowest BCUT2D eigenvalue weighted by atomic mass is 10.3. The molecule has 0 bridgehead atoms. The zero-order chi connectivity index (χ0) is 8.97. The average Bonchev–Trinajstić information content (AvgIpc) is 2.03. The SMILES string of the molecule is CCCNc1ccc(F)cc1Br. The van der Waals surface area contributed by atoms with E-state index in [4.69, 9.17) is 0 Å². The van der Waals surface area contributed by atoms with Gasteiger partial charge < -0.3 is 5.32 Å². The predicted octanol–water partition coefficient (Wildman–Crippen LogP) is 3.41. The van der Waals surface area contributed by atoms with Gasteiger partial charge in [0.1, 0.15) is 5.82 Å². The van der Waals surface area contributed by atoms with Crippen molar-refractivity contribution in [3.05, 3.63) is 28.5 Å². The summed E-state index contributed by atoms with van der Waals surface area (Å²) in [6, 6.07) is 4.63. The van der Waals surface area contributed by atoms with Crippen molar-refractivity contribution in [2.45, 2.75) is 13.3 Å². The third kappa shape index (κ3) is 2.48. The Kier molecular flexibility index (Phi) is 3.53. The normalized spacial score (nSPS) is 9.92. The van der Waals surface area contributed by atoms with E-state index in [1.807, 2.05) is 0 Å². The highest BCUT2D eigenvalue weighted by molar-refractivity contribution is 9.10. The molecule has 12 heavy (non-hydrogen) atoms. The third-order valence-electron chi connectivity index (χ3n) is 1.50. The number of anilines is 1. The maximum Gasteiger partial charge on any atom is 0.124 e. The summed E-state index contributed by atoms with van der Waals surface area (Å²) in [6.45, 7) is 2.99. The fraction of sp³-hybridized carbons (Fsp3) is 0.333. The molecule has 0 saturated heterocycles. The minimum atomic E-state index is -0.219. The van der Waals surface area contributed by atoms with Gasteiger partial charge in [-0.3, -0.25) is 0 Å². The van der Waals surface area contributed by atoms with Gasteiger partial charge in [-0.05, 0) is 40.5 Å². The van der Waals surface area contributed by atoms with Gasteiger partial charge in [0.25, 0.3) is 0 Å². The van der Waals surface area contributed by atoms with Crippen LogP contribution in [0.3, 0.4) is 0 Å². The molecule has 3 heteroatoms. The van der Waals surface area contributed by atoms with E-state index >= 15 is 0 Å². The summed E-state index contributed by atoms with van der Waals surface area (Å²) in [6.07, 6.45) is 1.06. The molecule has 0 saturated carbocycles. The van der Waals surface area contributed by atoms with Crippen LogP contribution < -0.4 is 5.32 Å². The van der Waals surface area contributed by atoms with Crippen LogP contribution in [-0.4, -0.2) is 6.54 Å². The smallest absolute Gasteiger partial charge is 0.124 e. The van der Waals surface area contributed by atoms with E-state index in [0.717, 1.165) is 23.1 Å². The third-order valence-corrected chi connectivity index (χ3v) is 2.15. The largest absolute Gasteiger partial charge is 0.384 e. The van der Waals surface area contributed by atoms with Crippen LogP contribution in [0.25, 0.3) is 0 Å². The first kappa shape index (κ1) is 9.52. The topological polar surface area (TPSA) is 12.0 Å². The second kappa shape index (κ2) is 4.45. The summed E-state index contributed by atoms with van der Waals surface area (Å²) in [4.78, 5) is 0. The van der Waals surface area contributed by atoms with Gasteiger partial charge in [0, 0.05) is 16.7 Å². The highest BCUT2D eigenvalue weighted by atomic mass is 79.9. The average molecular weight is 232 g/mol. The molecular weight excluding hydrogens is 221 g/mol. The van der Waals surface area contributed by atoms with E-state index in [1.165, 1.54) is 12.1 Å². The van der Waals surface area contributed by atoms with Crippen molar-refractivity contribution in [3.63, 3.8) is 0 Å². The Morgan fingerprint density at radius 1 is 1.50 bits per heavy atom. The summed E-state index contributed by atoms with van der Waals surface area (Å²) in [5.41, 5.74) is 0.943. The number of halogens is 2. The highest BCUT2D eigenvalue weighted by Gasteiger charge is 1.98. The molecule has 1 rings (SSSR count). The molecule has 1 aromatic rings. The second-order valence-electron chi connectivity index (χ2n) is 2.55. The molecular formula is C9H11BrFN. The molecule has 0 unspecified atom stereocenters. The van der Waals surface area contributed by atoms with Crippen molar-refractivity contribution in [1.82, 2.24) is 0 Å². The minimum absolute atomic E-state index is 0.219. The summed E-state index contributed by atoms with van der Waals surface area (Å²) in [5, 5.41) is 3.18. The summed E-state index contributed by atoms with van der Waals surface area (Å²) < 4.78 is 13.4. The van der Waals surface area contributed by atoms with Crippen molar-refractivity contribution in [2.24, 2.45) is 0 Å². The first-order valence-corrected chi connectivity index (χ1v) is 4.72. The molecule has 0 aliphatic heterocycles. The van der Waals surface area contributed by atoms with Crippen LogP contribution in [0, 0.1) is 5.82 Å². The van der Waals surface area contributed by atoms with E-state index in [1.54, 1.807) is 6.07 Å². The van der Waals surface area contributed by atoms with Crippen molar-refractivity contribution in [3.8, 4) is 0 Å². The van der Waals surface area contributed by atoms with Gasteiger partial charge in [0.05, 0.1) is 0 Å². The molecule has 0 aliphatic carbocycles. The summed E-state index contributed by atoms with van der Waals surface area (Å²) >= 11 is 3.27. The number of hydrogen-bond acceptors (Lipinski definition) is 1. The van der Waals surface area contributed by atoms with Crippen LogP contribution in [-0.2, 0) is 0 Å². The van der Waals surface area contributed by atoms with E-state index in [9.17, 15) is 4.39 Å². The highest BCUT2D eigenvalue weighted by Crippen LogP contribution is 2.22. The van der Waals surface area contributed by atoms with Gasteiger partial charge in [0.2, 0.25) is 0 Å². The first-order chi connectivity index (χ1) is 5.74. The van der Waals surface area contributed by atoms with Gasteiger partial charge in [-0.25, -0.2) is 4.39 Å². The van der Waals surface area contributed by atoms with E-state index in [0.29, 0.717) is 0 Å². The fourth-order valence-corrected chi connectivity index (χ4v) is 1.38. The maximum atomic E-state index is 12.6. The van der Waals surface area contributed by atoms with Crippen molar-refractivity contribution >= 4 is 21.6 Å². The Balaban J connectivity index is 2.72. The number of rotatable bonds is 3. The van der Waals surface area contributed by atoms with Crippen molar-refractivity contribution in [2.75, 3.05) is 11.9 Å². The van der Waals surface area contributed by atoms with Crippen LogP contribution in [0.2, 0.25) is 0 Å². The standard InChI is InChI=1S/C9H11BrFN/c1-2-5-12-9-4-3-7(11)6-8(9)10/h3-4,6,12H,2,5H2,1H3. The lowest BCUT2D eigenvalue weighted by Gasteiger charge is -2.06. The summed E-state index contributed by atoms with van der Waals surface area (Å²) in [5.74, 6) is -0.219. The van der Waals surface area contributed by atoms with Gasteiger partial charge in [-0.1, -0.05) is 6.92 Å². The molecule has 1 N–H and O–H groups in total. The zero-order valence-corrected chi connectivity index (χ0v) is 8.49. The molecule has 1 nitrogen and oxygen atoms in total. The fourth-order valence-electron chi connectivity index (χ4n) is 0.893. The quantitative estimate of drug-likeness (QED) is 0.841. The maximum absolute atomic E-state index is 12.6. The molecule has 0 fully saturated rings. The molecule has 0 aromatic heterocycles. The van der Waals surface area contributed by atoms with E-state index in [-0.39, 0.29) is 5.82 Å². The van der Waals surface area contributed by atoms with Crippen LogP contribution in [0.15, 0.2) is 22.7 Å². The lowest BCUT2D eigenvalue weighted by molar-refractivity contribution is 0.627. The van der Waals surface area contributed by atoms with Gasteiger partial charge in [-0.2, -0.15) is 0 Å². The molecule has 1 aromatic carbocycles. The zero-order valence-electron chi connectivity index (χ0n) is 6.90. The van der Waals surface area contributed by atoms with Crippen LogP contribution in [0.4, 0.5) is 10.1 Å². The van der Waals surface area contributed by atoms with Crippen LogP contribution in [0.1, 0.15) is 13.3 Å². The molecule has 0 heterocycles. The minimum Gasteiger partial charge on any atom is -0.384 e. The van der Waals surface area contributed by atoms with Crippen molar-refractivity contribution in [1.29, 1.82) is 0 Å². The van der Waals surface area contributed by atoms with Crippen LogP contribution in [0.5, 0.6) is 0 Å². The molecule has 0 spiro atoms. The molecule has 0 atom stereocenters. The van der Waals surface area contributed by atoms with Gasteiger partial charge in [-0.15, -0.1) is 0 Å². The number of benzene rings is 1. The molecule has 0 amide bonds. The van der Waals surface area contributed by atoms with Gasteiger partial charge >= 0.3 is 0 Å². The Bertz CT molecular complexity index is 263.